The van der Waals surface area contributed by atoms with Gasteiger partial charge < -0.3 is 15.5 Å². The average Bonchev–Trinajstić information content (AvgIpc) is 3.38. The second kappa shape index (κ2) is 7.29. The number of amides is 1. The summed E-state index contributed by atoms with van der Waals surface area (Å²) in [7, 11) is 0. The first-order valence-electron chi connectivity index (χ1n) is 10.2. The number of nitrogens with two attached hydrogens (primary N) is 1. The fourth-order valence-electron chi connectivity index (χ4n) is 4.22. The maximum atomic E-state index is 13.2. The molecule has 1 aromatic carbocycles. The summed E-state index contributed by atoms with van der Waals surface area (Å²) in [4.78, 5) is 19.4. The lowest BCUT2D eigenvalue weighted by Crippen LogP contribution is -2.13. The number of aryl methyl sites for hydroxylation is 3. The van der Waals surface area contributed by atoms with Crippen LogP contribution in [0.1, 0.15) is 44.9 Å². The van der Waals surface area contributed by atoms with E-state index in [9.17, 15) is 4.79 Å². The van der Waals surface area contributed by atoms with Gasteiger partial charge >= 0.3 is 0 Å². The molecule has 3 heterocycles. The van der Waals surface area contributed by atoms with Gasteiger partial charge in [0.15, 0.2) is 0 Å². The van der Waals surface area contributed by atoms with Gasteiger partial charge in [-0.1, -0.05) is 12.1 Å². The molecule has 0 unspecified atom stereocenters. The van der Waals surface area contributed by atoms with Crippen molar-refractivity contribution in [2.24, 2.45) is 0 Å². The van der Waals surface area contributed by atoms with Crippen molar-refractivity contribution in [1.82, 2.24) is 4.98 Å². The smallest absolute Gasteiger partial charge is 0.267 e. The number of pyridine rings is 1. The number of furan rings is 1. The molecule has 1 aliphatic carbocycles. The Morgan fingerprint density at radius 3 is 2.83 bits per heavy atom. The molecule has 0 atom stereocenters. The first kappa shape index (κ1) is 18.9. The van der Waals surface area contributed by atoms with Crippen LogP contribution >= 0.6 is 11.3 Å². The molecular weight excluding hydrogens is 394 g/mol. The lowest BCUT2D eigenvalue weighted by Gasteiger charge is -2.18. The van der Waals surface area contributed by atoms with Crippen molar-refractivity contribution in [1.29, 1.82) is 0 Å². The molecule has 0 saturated carbocycles. The molecule has 0 spiro atoms. The Morgan fingerprint density at radius 1 is 1.20 bits per heavy atom. The molecule has 3 aromatic heterocycles. The number of fused-ring (bicyclic) bond motifs is 2. The Bertz CT molecular complexity index is 1270. The van der Waals surface area contributed by atoms with Gasteiger partial charge in [-0.05, 0) is 74.4 Å². The largest absolute Gasteiger partial charge is 0.464 e. The molecule has 1 aliphatic rings. The number of nitrogens with one attached hydrogen (secondary N) is 1. The minimum Gasteiger partial charge on any atom is -0.464 e. The zero-order valence-electron chi connectivity index (χ0n) is 17.0. The monoisotopic (exact) mass is 417 g/mol. The molecule has 3 N–H and O–H groups in total. The Hall–Kier alpha value is -3.12. The van der Waals surface area contributed by atoms with Crippen molar-refractivity contribution in [3.8, 4) is 11.3 Å². The standard InChI is InChI=1S/C24H23N3O2S/c1-13-9-10-14(2)17(12-13)26-23(28)22-21(25)20-19(18-8-5-11-29-18)15-6-3-4-7-16(15)27-24(20)30-22/h5,8-12H,3-4,6-7,25H2,1-2H3,(H,26,28). The second-order valence-electron chi connectivity index (χ2n) is 7.89. The fraction of sp³-hybridized carbons (Fsp3) is 0.250. The Morgan fingerprint density at radius 2 is 2.03 bits per heavy atom. The number of carbonyl (C=O) groups is 1. The van der Waals surface area contributed by atoms with Gasteiger partial charge in [0.25, 0.3) is 5.91 Å². The molecule has 0 bridgehead atoms. The van der Waals surface area contributed by atoms with Crippen molar-refractivity contribution >= 4 is 38.8 Å². The van der Waals surface area contributed by atoms with Crippen LogP contribution in [0, 0.1) is 13.8 Å². The molecule has 0 radical (unpaired) electrons. The molecule has 4 aromatic rings. The fourth-order valence-corrected chi connectivity index (χ4v) is 5.24. The number of aromatic nitrogens is 1. The van der Waals surface area contributed by atoms with E-state index < -0.39 is 0 Å². The first-order valence-corrected chi connectivity index (χ1v) is 11.0. The molecule has 0 aliphatic heterocycles. The predicted octanol–water partition coefficient (Wildman–Crippen LogP) is 5.89. The van der Waals surface area contributed by atoms with E-state index in [-0.39, 0.29) is 5.91 Å². The number of hydrogen-bond acceptors (Lipinski definition) is 5. The molecule has 5 rings (SSSR count). The number of nitrogens with zero attached hydrogens (tertiary/aromatic N) is 1. The highest BCUT2D eigenvalue weighted by atomic mass is 32.1. The highest BCUT2D eigenvalue weighted by Gasteiger charge is 2.27. The molecule has 30 heavy (non-hydrogen) atoms. The van der Waals surface area contributed by atoms with Gasteiger partial charge in [-0.2, -0.15) is 0 Å². The SMILES string of the molecule is Cc1ccc(C)c(NC(=O)c2sc3nc4c(c(-c5ccco5)c3c2N)CCCC4)c1. The van der Waals surface area contributed by atoms with E-state index in [1.807, 2.05) is 44.2 Å². The third-order valence-corrected chi connectivity index (χ3v) is 6.87. The zero-order chi connectivity index (χ0) is 20.8. The summed E-state index contributed by atoms with van der Waals surface area (Å²) in [5.74, 6) is 0.583. The molecule has 6 heteroatoms. The van der Waals surface area contributed by atoms with Crippen molar-refractivity contribution < 1.29 is 9.21 Å². The van der Waals surface area contributed by atoms with E-state index in [0.29, 0.717) is 10.6 Å². The van der Waals surface area contributed by atoms with Crippen molar-refractivity contribution in [2.75, 3.05) is 11.1 Å². The van der Waals surface area contributed by atoms with Gasteiger partial charge in [-0.3, -0.25) is 4.79 Å². The second-order valence-corrected chi connectivity index (χ2v) is 8.89. The van der Waals surface area contributed by atoms with Crippen LogP contribution in [-0.4, -0.2) is 10.9 Å². The molecule has 0 saturated heterocycles. The maximum Gasteiger partial charge on any atom is 0.267 e. The molecule has 1 amide bonds. The van der Waals surface area contributed by atoms with Crippen LogP contribution in [0.3, 0.4) is 0 Å². The number of benzene rings is 1. The van der Waals surface area contributed by atoms with Crippen LogP contribution in [0.5, 0.6) is 0 Å². The van der Waals surface area contributed by atoms with E-state index in [1.165, 1.54) is 16.9 Å². The van der Waals surface area contributed by atoms with Gasteiger partial charge in [-0.25, -0.2) is 4.98 Å². The summed E-state index contributed by atoms with van der Waals surface area (Å²) in [6, 6.07) is 9.85. The summed E-state index contributed by atoms with van der Waals surface area (Å²) >= 11 is 1.36. The van der Waals surface area contributed by atoms with Crippen LogP contribution in [0.15, 0.2) is 41.0 Å². The molecule has 5 nitrogen and oxygen atoms in total. The van der Waals surface area contributed by atoms with Crippen molar-refractivity contribution in [3.05, 3.63) is 63.9 Å². The lowest BCUT2D eigenvalue weighted by atomic mass is 9.89. The first-order chi connectivity index (χ1) is 14.5. The minimum absolute atomic E-state index is 0.201. The van der Waals surface area contributed by atoms with E-state index in [0.717, 1.165) is 69.7 Å². The third kappa shape index (κ3) is 3.08. The third-order valence-electron chi connectivity index (χ3n) is 5.77. The number of carbonyl (C=O) groups excluding carboxylic acids is 1. The Kier molecular flexibility index (Phi) is 4.59. The Labute approximate surface area is 178 Å². The van der Waals surface area contributed by atoms with Crippen LogP contribution in [0.4, 0.5) is 11.4 Å². The summed E-state index contributed by atoms with van der Waals surface area (Å²) in [5, 5.41) is 3.87. The van der Waals surface area contributed by atoms with Gasteiger partial charge in [0.05, 0.1) is 12.0 Å². The zero-order valence-corrected chi connectivity index (χ0v) is 17.9. The number of hydrogen-bond donors (Lipinski definition) is 2. The van der Waals surface area contributed by atoms with Crippen LogP contribution in [0.2, 0.25) is 0 Å². The maximum absolute atomic E-state index is 13.2. The topological polar surface area (TPSA) is 81.2 Å². The average molecular weight is 418 g/mol. The molecule has 0 fully saturated rings. The van der Waals surface area contributed by atoms with Gasteiger partial charge in [0, 0.05) is 22.3 Å². The van der Waals surface area contributed by atoms with Crippen LogP contribution in [-0.2, 0) is 12.8 Å². The van der Waals surface area contributed by atoms with Crippen LogP contribution < -0.4 is 11.1 Å². The lowest BCUT2D eigenvalue weighted by molar-refractivity contribution is 0.103. The normalized spacial score (nSPS) is 13.4. The van der Waals surface area contributed by atoms with E-state index in [4.69, 9.17) is 15.1 Å². The number of nitrogen functional groups attached to an aromatic ring is 1. The highest BCUT2D eigenvalue weighted by molar-refractivity contribution is 7.21. The summed E-state index contributed by atoms with van der Waals surface area (Å²) in [6.07, 6.45) is 5.82. The number of rotatable bonds is 3. The number of anilines is 2. The Balaban J connectivity index is 1.66. The van der Waals surface area contributed by atoms with E-state index in [1.54, 1.807) is 6.26 Å². The van der Waals surface area contributed by atoms with Crippen LogP contribution in [0.25, 0.3) is 21.5 Å². The minimum atomic E-state index is -0.201. The van der Waals surface area contributed by atoms with Crippen molar-refractivity contribution in [2.45, 2.75) is 39.5 Å². The molecule has 152 valence electrons. The van der Waals surface area contributed by atoms with E-state index in [2.05, 4.69) is 5.32 Å². The number of thiophene rings is 1. The van der Waals surface area contributed by atoms with Gasteiger partial charge in [0.1, 0.15) is 15.5 Å². The summed E-state index contributed by atoms with van der Waals surface area (Å²) < 4.78 is 5.76. The quantitative estimate of drug-likeness (QED) is 0.436. The van der Waals surface area contributed by atoms with E-state index >= 15 is 0 Å². The summed E-state index contributed by atoms with van der Waals surface area (Å²) in [6.45, 7) is 3.99. The summed E-state index contributed by atoms with van der Waals surface area (Å²) in [5.41, 5.74) is 13.3. The predicted molar refractivity (Wildman–Crippen MR) is 122 cm³/mol. The van der Waals surface area contributed by atoms with Gasteiger partial charge in [0.2, 0.25) is 0 Å². The van der Waals surface area contributed by atoms with Crippen molar-refractivity contribution in [3.63, 3.8) is 0 Å². The van der Waals surface area contributed by atoms with Gasteiger partial charge in [-0.15, -0.1) is 11.3 Å². The highest BCUT2D eigenvalue weighted by Crippen LogP contribution is 2.44. The molecular formula is C24H23N3O2S.